The van der Waals surface area contributed by atoms with E-state index >= 15 is 0 Å². The van der Waals surface area contributed by atoms with Crippen LogP contribution in [0.2, 0.25) is 0 Å². The predicted molar refractivity (Wildman–Crippen MR) is 83.0 cm³/mol. The molecule has 0 fully saturated rings. The molecule has 1 aliphatic rings. The van der Waals surface area contributed by atoms with Crippen molar-refractivity contribution in [1.29, 1.82) is 0 Å². The molecule has 0 radical (unpaired) electrons. The van der Waals surface area contributed by atoms with Gasteiger partial charge >= 0.3 is 0 Å². The van der Waals surface area contributed by atoms with E-state index in [-0.39, 0.29) is 23.7 Å². The van der Waals surface area contributed by atoms with Gasteiger partial charge in [0.1, 0.15) is 11.6 Å². The standard InChI is InChI=1S/C19H20F2O/c1-12(22)2-7-19-17-8-5-15(20)10-13(17)3-4-14-11-16(21)6-9-18(14)19/h5-6,8-12,19,22H,2-4,7H2,1H3. The Balaban J connectivity index is 2.07. The second-order valence-corrected chi connectivity index (χ2v) is 6.17. The van der Waals surface area contributed by atoms with Gasteiger partial charge in [0.2, 0.25) is 0 Å². The summed E-state index contributed by atoms with van der Waals surface area (Å²) >= 11 is 0. The van der Waals surface area contributed by atoms with E-state index in [1.165, 1.54) is 12.1 Å². The largest absolute Gasteiger partial charge is 0.393 e. The smallest absolute Gasteiger partial charge is 0.123 e. The van der Waals surface area contributed by atoms with E-state index in [2.05, 4.69) is 0 Å². The molecule has 3 rings (SSSR count). The van der Waals surface area contributed by atoms with Crippen molar-refractivity contribution in [2.75, 3.05) is 0 Å². The normalized spacial score (nSPS) is 15.8. The van der Waals surface area contributed by atoms with Gasteiger partial charge < -0.3 is 5.11 Å². The van der Waals surface area contributed by atoms with Gasteiger partial charge in [0.25, 0.3) is 0 Å². The molecule has 0 aromatic heterocycles. The number of rotatable bonds is 3. The Kier molecular flexibility index (Phi) is 4.25. The van der Waals surface area contributed by atoms with Gasteiger partial charge in [-0.2, -0.15) is 0 Å². The summed E-state index contributed by atoms with van der Waals surface area (Å²) in [5, 5.41) is 9.62. The third-order valence-electron chi connectivity index (χ3n) is 4.50. The van der Waals surface area contributed by atoms with Crippen LogP contribution in [0.3, 0.4) is 0 Å². The van der Waals surface area contributed by atoms with Crippen LogP contribution in [-0.2, 0) is 12.8 Å². The quantitative estimate of drug-likeness (QED) is 0.893. The van der Waals surface area contributed by atoms with Crippen molar-refractivity contribution in [3.05, 3.63) is 70.3 Å². The van der Waals surface area contributed by atoms with E-state index in [0.717, 1.165) is 28.7 Å². The second-order valence-electron chi connectivity index (χ2n) is 6.17. The molecule has 1 aliphatic carbocycles. The van der Waals surface area contributed by atoms with Gasteiger partial charge in [-0.05, 0) is 79.1 Å². The Bertz CT molecular complexity index is 626. The number of benzene rings is 2. The Morgan fingerprint density at radius 1 is 1.00 bits per heavy atom. The molecule has 0 saturated heterocycles. The minimum atomic E-state index is -0.379. The zero-order valence-corrected chi connectivity index (χ0v) is 12.7. The lowest BCUT2D eigenvalue weighted by molar-refractivity contribution is 0.180. The molecule has 0 aliphatic heterocycles. The van der Waals surface area contributed by atoms with Gasteiger partial charge in [0.15, 0.2) is 0 Å². The molecule has 1 unspecified atom stereocenters. The molecule has 1 nitrogen and oxygen atoms in total. The Morgan fingerprint density at radius 3 is 1.95 bits per heavy atom. The highest BCUT2D eigenvalue weighted by molar-refractivity contribution is 5.45. The average molecular weight is 302 g/mol. The fourth-order valence-electron chi connectivity index (χ4n) is 3.42. The van der Waals surface area contributed by atoms with Crippen molar-refractivity contribution in [2.45, 2.75) is 44.6 Å². The van der Waals surface area contributed by atoms with Gasteiger partial charge in [-0.25, -0.2) is 8.78 Å². The van der Waals surface area contributed by atoms with Gasteiger partial charge in [0, 0.05) is 5.92 Å². The van der Waals surface area contributed by atoms with Gasteiger partial charge in [-0.15, -0.1) is 0 Å². The van der Waals surface area contributed by atoms with Crippen molar-refractivity contribution in [1.82, 2.24) is 0 Å². The highest BCUT2D eigenvalue weighted by atomic mass is 19.1. The van der Waals surface area contributed by atoms with E-state index in [4.69, 9.17) is 0 Å². The van der Waals surface area contributed by atoms with Crippen LogP contribution in [0.5, 0.6) is 0 Å². The lowest BCUT2D eigenvalue weighted by Crippen LogP contribution is -2.09. The Hall–Kier alpha value is -1.74. The first-order valence-corrected chi connectivity index (χ1v) is 7.79. The van der Waals surface area contributed by atoms with Gasteiger partial charge in [0.05, 0.1) is 6.10 Å². The molecule has 0 saturated carbocycles. The molecule has 0 amide bonds. The van der Waals surface area contributed by atoms with Gasteiger partial charge in [-0.1, -0.05) is 12.1 Å². The number of halogens is 2. The highest BCUT2D eigenvalue weighted by Gasteiger charge is 2.24. The number of fused-ring (bicyclic) bond motifs is 2. The molecule has 116 valence electrons. The number of hydrogen-bond donors (Lipinski definition) is 1. The molecule has 22 heavy (non-hydrogen) atoms. The van der Waals surface area contributed by atoms with E-state index in [0.29, 0.717) is 19.3 Å². The summed E-state index contributed by atoms with van der Waals surface area (Å²) in [7, 11) is 0. The molecular weight excluding hydrogens is 282 g/mol. The third-order valence-corrected chi connectivity index (χ3v) is 4.50. The van der Waals surface area contributed by atoms with E-state index < -0.39 is 0 Å². The molecule has 0 heterocycles. The second kappa shape index (κ2) is 6.17. The minimum Gasteiger partial charge on any atom is -0.393 e. The molecule has 1 atom stereocenters. The molecule has 3 heteroatoms. The fourth-order valence-corrected chi connectivity index (χ4v) is 3.42. The molecule has 1 N–H and O–H groups in total. The maximum absolute atomic E-state index is 13.6. The van der Waals surface area contributed by atoms with Crippen molar-refractivity contribution < 1.29 is 13.9 Å². The lowest BCUT2D eigenvalue weighted by Gasteiger charge is -2.21. The maximum atomic E-state index is 13.6. The number of aliphatic hydroxyl groups excluding tert-OH is 1. The summed E-state index contributed by atoms with van der Waals surface area (Å²) in [6.45, 7) is 1.77. The van der Waals surface area contributed by atoms with Crippen molar-refractivity contribution in [3.63, 3.8) is 0 Å². The monoisotopic (exact) mass is 302 g/mol. The molecule has 0 spiro atoms. The Labute approximate surface area is 129 Å². The van der Waals surface area contributed by atoms with Gasteiger partial charge in [-0.3, -0.25) is 0 Å². The zero-order valence-electron chi connectivity index (χ0n) is 12.7. The highest BCUT2D eigenvalue weighted by Crippen LogP contribution is 2.38. The fraction of sp³-hybridized carbons (Fsp3) is 0.368. The summed E-state index contributed by atoms with van der Waals surface area (Å²) < 4.78 is 27.1. The van der Waals surface area contributed by atoms with E-state index in [1.807, 2.05) is 12.1 Å². The van der Waals surface area contributed by atoms with Crippen molar-refractivity contribution in [2.24, 2.45) is 0 Å². The average Bonchev–Trinajstić information content (AvgIpc) is 2.61. The third kappa shape index (κ3) is 3.05. The predicted octanol–water partition coefficient (Wildman–Crippen LogP) is 4.36. The lowest BCUT2D eigenvalue weighted by atomic mass is 9.84. The zero-order chi connectivity index (χ0) is 15.7. The van der Waals surface area contributed by atoms with Crippen LogP contribution in [-0.4, -0.2) is 11.2 Å². The number of aryl methyl sites for hydroxylation is 2. The summed E-state index contributed by atoms with van der Waals surface area (Å²) in [6.07, 6.45) is 2.49. The SMILES string of the molecule is CC(O)CCC1c2ccc(F)cc2CCc2cc(F)ccc21. The summed E-state index contributed by atoms with van der Waals surface area (Å²) in [5.41, 5.74) is 4.19. The van der Waals surface area contributed by atoms with Crippen LogP contribution >= 0.6 is 0 Å². The molecule has 0 bridgehead atoms. The summed E-state index contributed by atoms with van der Waals surface area (Å²) in [5.74, 6) is -0.376. The van der Waals surface area contributed by atoms with Crippen LogP contribution in [0.4, 0.5) is 8.78 Å². The van der Waals surface area contributed by atoms with Crippen LogP contribution in [0.1, 0.15) is 47.9 Å². The van der Waals surface area contributed by atoms with Crippen LogP contribution in [0.15, 0.2) is 36.4 Å². The first kappa shape index (κ1) is 15.2. The molecular formula is C19H20F2O. The molecule has 2 aromatic carbocycles. The van der Waals surface area contributed by atoms with Crippen molar-refractivity contribution >= 4 is 0 Å². The van der Waals surface area contributed by atoms with Crippen LogP contribution in [0, 0.1) is 11.6 Å². The molecule has 2 aromatic rings. The first-order valence-electron chi connectivity index (χ1n) is 7.79. The maximum Gasteiger partial charge on any atom is 0.123 e. The van der Waals surface area contributed by atoms with Crippen LogP contribution < -0.4 is 0 Å². The minimum absolute atomic E-state index is 0.0864. The van der Waals surface area contributed by atoms with E-state index in [1.54, 1.807) is 19.1 Å². The van der Waals surface area contributed by atoms with E-state index in [9.17, 15) is 13.9 Å². The topological polar surface area (TPSA) is 20.2 Å². The summed E-state index contributed by atoms with van der Waals surface area (Å²) in [6, 6.07) is 9.84. The first-order chi connectivity index (χ1) is 10.5. The number of aliphatic hydroxyl groups is 1. The summed E-state index contributed by atoms with van der Waals surface area (Å²) in [4.78, 5) is 0. The van der Waals surface area contributed by atoms with Crippen LogP contribution in [0.25, 0.3) is 0 Å². The van der Waals surface area contributed by atoms with Crippen molar-refractivity contribution in [3.8, 4) is 0 Å². The Morgan fingerprint density at radius 2 is 1.50 bits per heavy atom. The number of hydrogen-bond acceptors (Lipinski definition) is 1.